The van der Waals surface area contributed by atoms with E-state index in [1.54, 1.807) is 11.3 Å². The molecule has 0 aliphatic heterocycles. The summed E-state index contributed by atoms with van der Waals surface area (Å²) in [6, 6.07) is 10.5. The van der Waals surface area contributed by atoms with Gasteiger partial charge in [0, 0.05) is 29.6 Å². The molecule has 1 aromatic heterocycles. The lowest BCUT2D eigenvalue weighted by molar-refractivity contribution is -0.115. The Morgan fingerprint density at radius 2 is 1.95 bits per heavy atom. The molecule has 0 spiro atoms. The lowest BCUT2D eigenvalue weighted by Crippen LogP contribution is -2.18. The molecule has 2 aromatic rings. The van der Waals surface area contributed by atoms with Gasteiger partial charge in [0.15, 0.2) is 0 Å². The minimum Gasteiger partial charge on any atom is -0.326 e. The molecule has 0 radical (unpaired) electrons. The van der Waals surface area contributed by atoms with E-state index in [4.69, 9.17) is 0 Å². The predicted molar refractivity (Wildman–Crippen MR) is 89.7 cm³/mol. The molecular weight excluding hydrogens is 280 g/mol. The fourth-order valence-electron chi connectivity index (χ4n) is 2.05. The van der Waals surface area contributed by atoms with Gasteiger partial charge in [-0.25, -0.2) is 0 Å². The summed E-state index contributed by atoms with van der Waals surface area (Å²) in [6.45, 7) is 7.03. The summed E-state index contributed by atoms with van der Waals surface area (Å²) < 4.78 is 0. The fourth-order valence-corrected chi connectivity index (χ4v) is 2.91. The normalized spacial score (nSPS) is 12.1. The molecule has 1 atom stereocenters. The first-order chi connectivity index (χ1) is 10.1. The summed E-state index contributed by atoms with van der Waals surface area (Å²) in [6.07, 6.45) is 0.500. The molecule has 21 heavy (non-hydrogen) atoms. The quantitative estimate of drug-likeness (QED) is 0.837. The van der Waals surface area contributed by atoms with Gasteiger partial charge in [0.25, 0.3) is 0 Å². The van der Waals surface area contributed by atoms with Crippen molar-refractivity contribution in [2.75, 3.05) is 5.32 Å². The van der Waals surface area contributed by atoms with Crippen LogP contribution < -0.4 is 10.6 Å². The van der Waals surface area contributed by atoms with E-state index in [-0.39, 0.29) is 11.9 Å². The Balaban J connectivity index is 1.92. The summed E-state index contributed by atoms with van der Waals surface area (Å²) in [5.41, 5.74) is 3.42. The summed E-state index contributed by atoms with van der Waals surface area (Å²) in [5.74, 6) is 0.0436. The zero-order chi connectivity index (χ0) is 15.2. The number of nitrogens with one attached hydrogen (secondary N) is 2. The van der Waals surface area contributed by atoms with Crippen molar-refractivity contribution >= 4 is 22.9 Å². The molecular formula is C17H22N2OS. The number of carbonyl (C=O) groups excluding carboxylic acids is 1. The molecule has 1 aromatic carbocycles. The van der Waals surface area contributed by atoms with E-state index in [0.717, 1.165) is 12.2 Å². The van der Waals surface area contributed by atoms with Crippen molar-refractivity contribution in [1.29, 1.82) is 0 Å². The highest BCUT2D eigenvalue weighted by molar-refractivity contribution is 7.10. The second-order valence-corrected chi connectivity index (χ2v) is 6.15. The molecule has 2 N–H and O–H groups in total. The summed E-state index contributed by atoms with van der Waals surface area (Å²) >= 11 is 1.79. The van der Waals surface area contributed by atoms with E-state index >= 15 is 0 Å². The number of hydrogen-bond donors (Lipinski definition) is 2. The van der Waals surface area contributed by atoms with E-state index < -0.39 is 0 Å². The number of amides is 1. The Bertz CT molecular complexity index is 589. The van der Waals surface area contributed by atoms with Crippen LogP contribution in [0.5, 0.6) is 0 Å². The molecule has 0 saturated carbocycles. The maximum atomic E-state index is 11.3. The molecule has 0 fully saturated rings. The molecule has 0 aliphatic carbocycles. The van der Waals surface area contributed by atoms with E-state index in [1.165, 1.54) is 16.0 Å². The van der Waals surface area contributed by atoms with E-state index in [1.807, 2.05) is 19.1 Å². The third kappa shape index (κ3) is 4.41. The predicted octanol–water partition coefficient (Wildman–Crippen LogP) is 4.26. The van der Waals surface area contributed by atoms with Gasteiger partial charge in [0.05, 0.1) is 0 Å². The first-order valence-electron chi connectivity index (χ1n) is 7.26. The number of aryl methyl sites for hydroxylation is 1. The van der Waals surface area contributed by atoms with Crippen molar-refractivity contribution < 1.29 is 4.79 Å². The van der Waals surface area contributed by atoms with Gasteiger partial charge in [-0.3, -0.25) is 4.79 Å². The Hall–Kier alpha value is -1.65. The molecule has 3 nitrogen and oxygen atoms in total. The van der Waals surface area contributed by atoms with Gasteiger partial charge < -0.3 is 10.6 Å². The molecule has 1 amide bonds. The van der Waals surface area contributed by atoms with Crippen molar-refractivity contribution in [3.05, 3.63) is 51.7 Å². The Morgan fingerprint density at radius 3 is 2.52 bits per heavy atom. The Kier molecular flexibility index (Phi) is 5.53. The Labute approximate surface area is 130 Å². The van der Waals surface area contributed by atoms with Crippen LogP contribution in [-0.2, 0) is 11.3 Å². The van der Waals surface area contributed by atoms with Crippen molar-refractivity contribution in [3.8, 4) is 0 Å². The van der Waals surface area contributed by atoms with Gasteiger partial charge >= 0.3 is 0 Å². The lowest BCUT2D eigenvalue weighted by Gasteiger charge is -2.15. The SMILES string of the molecule is CCC(=O)Nc1ccc(C(C)NCc2sccc2C)cc1. The van der Waals surface area contributed by atoms with Gasteiger partial charge in [-0.15, -0.1) is 11.3 Å². The zero-order valence-corrected chi connectivity index (χ0v) is 13.6. The van der Waals surface area contributed by atoms with Crippen LogP contribution in [0.15, 0.2) is 35.7 Å². The summed E-state index contributed by atoms with van der Waals surface area (Å²) in [5, 5.41) is 8.53. The van der Waals surface area contributed by atoms with Crippen LogP contribution in [0.2, 0.25) is 0 Å². The molecule has 1 unspecified atom stereocenters. The number of carbonyl (C=O) groups is 1. The highest BCUT2D eigenvalue weighted by Crippen LogP contribution is 2.19. The smallest absolute Gasteiger partial charge is 0.224 e. The minimum atomic E-state index is 0.0436. The van der Waals surface area contributed by atoms with Crippen molar-refractivity contribution in [3.63, 3.8) is 0 Å². The Morgan fingerprint density at radius 1 is 1.24 bits per heavy atom. The largest absolute Gasteiger partial charge is 0.326 e. The minimum absolute atomic E-state index is 0.0436. The van der Waals surface area contributed by atoms with E-state index in [0.29, 0.717) is 6.42 Å². The monoisotopic (exact) mass is 302 g/mol. The summed E-state index contributed by atoms with van der Waals surface area (Å²) in [4.78, 5) is 12.7. The molecule has 112 valence electrons. The molecule has 0 aliphatic rings. The van der Waals surface area contributed by atoms with Crippen LogP contribution >= 0.6 is 11.3 Å². The van der Waals surface area contributed by atoms with Crippen LogP contribution in [0, 0.1) is 6.92 Å². The topological polar surface area (TPSA) is 41.1 Å². The highest BCUT2D eigenvalue weighted by atomic mass is 32.1. The van der Waals surface area contributed by atoms with Crippen molar-refractivity contribution in [2.45, 2.75) is 39.8 Å². The number of hydrogen-bond acceptors (Lipinski definition) is 3. The fraction of sp³-hybridized carbons (Fsp3) is 0.353. The van der Waals surface area contributed by atoms with E-state index in [9.17, 15) is 4.79 Å². The molecule has 1 heterocycles. The van der Waals surface area contributed by atoms with Gasteiger partial charge in [0.2, 0.25) is 5.91 Å². The van der Waals surface area contributed by atoms with Gasteiger partial charge in [-0.2, -0.15) is 0 Å². The molecule has 0 bridgehead atoms. The van der Waals surface area contributed by atoms with E-state index in [2.05, 4.69) is 48.1 Å². The maximum absolute atomic E-state index is 11.3. The van der Waals surface area contributed by atoms with Gasteiger partial charge in [-0.1, -0.05) is 19.1 Å². The number of thiophene rings is 1. The number of rotatable bonds is 6. The van der Waals surface area contributed by atoms with Gasteiger partial charge in [0.1, 0.15) is 0 Å². The average Bonchev–Trinajstić information content (AvgIpc) is 2.90. The first kappa shape index (κ1) is 15.7. The summed E-state index contributed by atoms with van der Waals surface area (Å²) in [7, 11) is 0. The second-order valence-electron chi connectivity index (χ2n) is 5.15. The standard InChI is InChI=1S/C17H22N2OS/c1-4-17(20)19-15-7-5-14(6-8-15)13(3)18-11-16-12(2)9-10-21-16/h5-10,13,18H,4,11H2,1-3H3,(H,19,20). The van der Waals surface area contributed by atoms with Crippen molar-refractivity contribution in [2.24, 2.45) is 0 Å². The average molecular weight is 302 g/mol. The third-order valence-electron chi connectivity index (χ3n) is 3.55. The van der Waals surface area contributed by atoms with Crippen molar-refractivity contribution in [1.82, 2.24) is 5.32 Å². The number of benzene rings is 1. The van der Waals surface area contributed by atoms with Crippen LogP contribution in [0.4, 0.5) is 5.69 Å². The van der Waals surface area contributed by atoms with Crippen LogP contribution in [0.3, 0.4) is 0 Å². The molecule has 0 saturated heterocycles. The number of anilines is 1. The lowest BCUT2D eigenvalue weighted by atomic mass is 10.1. The van der Waals surface area contributed by atoms with Gasteiger partial charge in [-0.05, 0) is 48.6 Å². The second kappa shape index (κ2) is 7.38. The molecule has 2 rings (SSSR count). The van der Waals surface area contributed by atoms with Crippen LogP contribution in [0.25, 0.3) is 0 Å². The zero-order valence-electron chi connectivity index (χ0n) is 12.8. The maximum Gasteiger partial charge on any atom is 0.224 e. The highest BCUT2D eigenvalue weighted by Gasteiger charge is 2.07. The first-order valence-corrected chi connectivity index (χ1v) is 8.14. The molecule has 4 heteroatoms. The van der Waals surface area contributed by atoms with Crippen LogP contribution in [0.1, 0.15) is 42.3 Å². The van der Waals surface area contributed by atoms with Crippen LogP contribution in [-0.4, -0.2) is 5.91 Å². The third-order valence-corrected chi connectivity index (χ3v) is 4.58.